The van der Waals surface area contributed by atoms with E-state index in [-0.39, 0.29) is 24.8 Å². The van der Waals surface area contributed by atoms with E-state index in [4.69, 9.17) is 10.2 Å². The lowest BCUT2D eigenvalue weighted by Crippen LogP contribution is -2.03. The lowest BCUT2D eigenvalue weighted by Gasteiger charge is -2.02. The second-order valence-corrected chi connectivity index (χ2v) is 3.90. The van der Waals surface area contributed by atoms with E-state index >= 15 is 0 Å². The Morgan fingerprint density at radius 2 is 1.19 bits per heavy atom. The number of ether oxygens (including phenoxy) is 1. The molecule has 5 heteroatoms. The molecule has 0 fully saturated rings. The zero-order valence-electron chi connectivity index (χ0n) is 12.3. The van der Waals surface area contributed by atoms with Gasteiger partial charge in [0.2, 0.25) is 0 Å². The highest BCUT2D eigenvalue weighted by Gasteiger charge is 2.06. The molecule has 5 nitrogen and oxygen atoms in total. The summed E-state index contributed by atoms with van der Waals surface area (Å²) in [7, 11) is 0. The third-order valence-corrected chi connectivity index (χ3v) is 2.27. The smallest absolute Gasteiger partial charge is 0.180 e. The Labute approximate surface area is 125 Å². The van der Waals surface area contributed by atoms with Gasteiger partial charge in [-0.2, -0.15) is 0 Å². The molecule has 0 saturated carbocycles. The van der Waals surface area contributed by atoms with Crippen LogP contribution in [0.5, 0.6) is 0 Å². The van der Waals surface area contributed by atoms with E-state index in [2.05, 4.69) is 31.1 Å². The minimum Gasteiger partial charge on any atom is -0.394 e. The van der Waals surface area contributed by atoms with Crippen LogP contribution in [0.3, 0.4) is 0 Å². The molecule has 0 rings (SSSR count). The molecule has 0 amide bonds. The molecule has 0 unspecified atom stereocenters. The van der Waals surface area contributed by atoms with E-state index in [9.17, 15) is 9.59 Å². The number of hydrogen-bond donors (Lipinski definition) is 2. The normalized spacial score (nSPS) is 9.05. The Balaban J connectivity index is 0. The van der Waals surface area contributed by atoms with Crippen molar-refractivity contribution in [2.24, 2.45) is 0 Å². The summed E-state index contributed by atoms with van der Waals surface area (Å²) in [6.07, 6.45) is 3.29. The van der Waals surface area contributed by atoms with Crippen LogP contribution in [-0.4, -0.2) is 48.2 Å². The van der Waals surface area contributed by atoms with Crippen molar-refractivity contribution in [3.05, 3.63) is 49.6 Å². The second kappa shape index (κ2) is 14.6. The van der Waals surface area contributed by atoms with Crippen molar-refractivity contribution >= 4 is 11.6 Å². The minimum atomic E-state index is -0.191. The molecule has 0 aromatic carbocycles. The molecule has 2 N–H and O–H groups in total. The number of carbonyl (C=O) groups is 2. The van der Waals surface area contributed by atoms with E-state index in [0.717, 1.165) is 0 Å². The average molecular weight is 296 g/mol. The van der Waals surface area contributed by atoms with Gasteiger partial charge in [0, 0.05) is 0 Å². The van der Waals surface area contributed by atoms with Crippen LogP contribution in [0, 0.1) is 0 Å². The molecule has 0 radical (unpaired) electrons. The molecule has 0 aliphatic carbocycles. The first-order valence-electron chi connectivity index (χ1n) is 6.43. The molecule has 0 aliphatic rings. The predicted octanol–water partition coefficient (Wildman–Crippen LogP) is 1.38. The number of carbonyl (C=O) groups excluding carboxylic acids is 2. The quantitative estimate of drug-likeness (QED) is 0.444. The van der Waals surface area contributed by atoms with Gasteiger partial charge in [0.1, 0.15) is 0 Å². The van der Waals surface area contributed by atoms with Crippen molar-refractivity contribution in [3.63, 3.8) is 0 Å². The number of rotatable bonds is 11. The topological polar surface area (TPSA) is 83.8 Å². The molecule has 0 aromatic rings. The van der Waals surface area contributed by atoms with E-state index < -0.39 is 0 Å². The van der Waals surface area contributed by atoms with Crippen molar-refractivity contribution < 1.29 is 24.5 Å². The monoisotopic (exact) mass is 296 g/mol. The Morgan fingerprint density at radius 1 is 0.857 bits per heavy atom. The minimum absolute atomic E-state index is 0.0278. The van der Waals surface area contributed by atoms with Gasteiger partial charge in [-0.1, -0.05) is 26.3 Å². The summed E-state index contributed by atoms with van der Waals surface area (Å²) in [5.74, 6) is -0.382. The first-order chi connectivity index (χ1) is 9.94. The molecule has 0 saturated heterocycles. The Hall–Kier alpha value is -1.82. The summed E-state index contributed by atoms with van der Waals surface area (Å²) >= 11 is 0. The second-order valence-electron chi connectivity index (χ2n) is 3.90. The Morgan fingerprint density at radius 3 is 1.43 bits per heavy atom. The number of aliphatic hydroxyl groups excluding tert-OH is 2. The maximum absolute atomic E-state index is 11.0. The van der Waals surface area contributed by atoms with Crippen LogP contribution < -0.4 is 0 Å². The van der Waals surface area contributed by atoms with Gasteiger partial charge >= 0.3 is 0 Å². The number of ketones is 2. The first-order valence-corrected chi connectivity index (χ1v) is 6.43. The van der Waals surface area contributed by atoms with Crippen molar-refractivity contribution in [3.8, 4) is 0 Å². The zero-order chi connectivity index (χ0) is 16.7. The molecule has 0 aliphatic heterocycles. The highest BCUT2D eigenvalue weighted by atomic mass is 16.5. The number of hydrogen-bond acceptors (Lipinski definition) is 5. The average Bonchev–Trinajstić information content (AvgIpc) is 2.51. The molecule has 0 atom stereocenters. The summed E-state index contributed by atoms with van der Waals surface area (Å²) < 4.78 is 4.63. The van der Waals surface area contributed by atoms with Crippen LogP contribution in [0.4, 0.5) is 0 Å². The fourth-order valence-electron chi connectivity index (χ4n) is 1.07. The van der Waals surface area contributed by atoms with Crippen LogP contribution in [0.2, 0.25) is 0 Å². The lowest BCUT2D eigenvalue weighted by atomic mass is 10.0. The summed E-state index contributed by atoms with van der Waals surface area (Å²) in [4.78, 5) is 22.0. The van der Waals surface area contributed by atoms with Crippen molar-refractivity contribution in [1.82, 2.24) is 0 Å². The summed E-state index contributed by atoms with van der Waals surface area (Å²) in [6.45, 7) is 14.6. The molecule has 0 aromatic heterocycles. The molecule has 21 heavy (non-hydrogen) atoms. The van der Waals surface area contributed by atoms with Crippen LogP contribution in [0.25, 0.3) is 0 Å². The fraction of sp³-hybridized carbons (Fsp3) is 0.375. The van der Waals surface area contributed by atoms with Gasteiger partial charge in [-0.05, 0) is 36.1 Å². The largest absolute Gasteiger partial charge is 0.394 e. The van der Waals surface area contributed by atoms with E-state index in [1.807, 2.05) is 0 Å². The highest BCUT2D eigenvalue weighted by molar-refractivity contribution is 6.04. The fourth-order valence-corrected chi connectivity index (χ4v) is 1.07. The Kier molecular flexibility index (Phi) is 14.9. The Bertz CT molecular complexity index is 346. The highest BCUT2D eigenvalue weighted by Crippen LogP contribution is 2.11. The molecule has 0 bridgehead atoms. The standard InChI is InChI=1S/C12H14O2.C4H10O3/c1-5-11(13)9(3)7-8-10(4)12(14)6-2;5-1-3-7-4-2-6/h5-6H,1-4,7-8H2;5-6H,1-4H2. The SMILES string of the molecule is C=CC(=O)C(=C)CCC(=C)C(=O)C=C.OCCOCCO. The van der Waals surface area contributed by atoms with Crippen LogP contribution >= 0.6 is 0 Å². The van der Waals surface area contributed by atoms with Crippen molar-refractivity contribution in [2.45, 2.75) is 12.8 Å². The molecular formula is C16H24O5. The summed E-state index contributed by atoms with van der Waals surface area (Å²) in [6, 6.07) is 0. The van der Waals surface area contributed by atoms with Gasteiger partial charge in [0.05, 0.1) is 26.4 Å². The van der Waals surface area contributed by atoms with Gasteiger partial charge in [-0.25, -0.2) is 0 Å². The lowest BCUT2D eigenvalue weighted by molar-refractivity contribution is -0.112. The van der Waals surface area contributed by atoms with Crippen molar-refractivity contribution in [2.75, 3.05) is 26.4 Å². The van der Waals surface area contributed by atoms with Crippen molar-refractivity contribution in [1.29, 1.82) is 0 Å². The van der Waals surface area contributed by atoms with Crippen LogP contribution in [0.1, 0.15) is 12.8 Å². The molecule has 118 valence electrons. The van der Waals surface area contributed by atoms with Gasteiger partial charge in [0.15, 0.2) is 11.6 Å². The van der Waals surface area contributed by atoms with Gasteiger partial charge in [0.25, 0.3) is 0 Å². The van der Waals surface area contributed by atoms with Crippen LogP contribution in [-0.2, 0) is 14.3 Å². The van der Waals surface area contributed by atoms with Crippen LogP contribution in [0.15, 0.2) is 49.6 Å². The van der Waals surface area contributed by atoms with E-state index in [1.54, 1.807) is 0 Å². The number of allylic oxidation sites excluding steroid dienone is 4. The third kappa shape index (κ3) is 12.9. The zero-order valence-corrected chi connectivity index (χ0v) is 12.3. The molecule has 0 heterocycles. The summed E-state index contributed by atoms with van der Waals surface area (Å²) in [5.41, 5.74) is 0.885. The third-order valence-electron chi connectivity index (χ3n) is 2.27. The van der Waals surface area contributed by atoms with Gasteiger partial charge < -0.3 is 14.9 Å². The van der Waals surface area contributed by atoms with Gasteiger partial charge in [-0.3, -0.25) is 9.59 Å². The number of aliphatic hydroxyl groups is 2. The molecular weight excluding hydrogens is 272 g/mol. The first kappa shape index (κ1) is 21.5. The predicted molar refractivity (Wildman–Crippen MR) is 82.9 cm³/mol. The maximum Gasteiger partial charge on any atom is 0.180 e. The summed E-state index contributed by atoms with van der Waals surface area (Å²) in [5, 5.41) is 16.2. The molecule has 0 spiro atoms. The maximum atomic E-state index is 11.0. The van der Waals surface area contributed by atoms with Gasteiger partial charge in [-0.15, -0.1) is 0 Å². The van der Waals surface area contributed by atoms with E-state index in [0.29, 0.717) is 37.2 Å². The van der Waals surface area contributed by atoms with E-state index in [1.165, 1.54) is 12.2 Å².